The number of phenols is 1. The lowest BCUT2D eigenvalue weighted by atomic mass is 9.85. The number of aromatic hydroxyl groups is 1. The van der Waals surface area contributed by atoms with Gasteiger partial charge in [0.15, 0.2) is 0 Å². The van der Waals surface area contributed by atoms with Gasteiger partial charge in [-0.25, -0.2) is 0 Å². The van der Waals surface area contributed by atoms with E-state index in [2.05, 4.69) is 6.92 Å². The summed E-state index contributed by atoms with van der Waals surface area (Å²) in [5.74, 6) is 1.17. The van der Waals surface area contributed by atoms with Crippen LogP contribution in [0.1, 0.15) is 84.3 Å². The minimum absolute atomic E-state index is 0.271. The van der Waals surface area contributed by atoms with Gasteiger partial charge in [0.05, 0.1) is 5.60 Å². The lowest BCUT2D eigenvalue weighted by Gasteiger charge is -2.37. The molecule has 1 aliphatic heterocycles. The SMILES string of the molecule is CC(C)=CC(O)C(O)C(C)=CCCC(C)(O)CCCC1(C)CCc2cc(O)cc(C)c2O1. The first-order chi connectivity index (χ1) is 14.8. The average molecular weight is 447 g/mol. The van der Waals surface area contributed by atoms with Crippen molar-refractivity contribution in [2.45, 2.75) is 110 Å². The van der Waals surface area contributed by atoms with Crippen molar-refractivity contribution in [3.05, 3.63) is 46.6 Å². The molecule has 0 amide bonds. The van der Waals surface area contributed by atoms with Gasteiger partial charge >= 0.3 is 0 Å². The maximum absolute atomic E-state index is 10.8. The first-order valence-electron chi connectivity index (χ1n) is 11.7. The summed E-state index contributed by atoms with van der Waals surface area (Å²) in [7, 11) is 0. The van der Waals surface area contributed by atoms with E-state index >= 15 is 0 Å². The van der Waals surface area contributed by atoms with Crippen LogP contribution in [-0.4, -0.2) is 43.8 Å². The topological polar surface area (TPSA) is 90.2 Å². The van der Waals surface area contributed by atoms with Gasteiger partial charge in [-0.15, -0.1) is 0 Å². The molecule has 4 N–H and O–H groups in total. The second kappa shape index (κ2) is 10.9. The summed E-state index contributed by atoms with van der Waals surface area (Å²) in [4.78, 5) is 0. The number of fused-ring (bicyclic) bond motifs is 1. The highest BCUT2D eigenvalue weighted by Gasteiger charge is 2.33. The van der Waals surface area contributed by atoms with E-state index < -0.39 is 17.8 Å². The van der Waals surface area contributed by atoms with Crippen LogP contribution in [0.25, 0.3) is 0 Å². The first kappa shape index (κ1) is 26.4. The second-order valence-electron chi connectivity index (χ2n) is 10.3. The summed E-state index contributed by atoms with van der Waals surface area (Å²) < 4.78 is 6.35. The Morgan fingerprint density at radius 1 is 1.22 bits per heavy atom. The van der Waals surface area contributed by atoms with Gasteiger partial charge in [-0.3, -0.25) is 0 Å². The third-order valence-corrected chi connectivity index (χ3v) is 6.47. The summed E-state index contributed by atoms with van der Waals surface area (Å²) in [5, 5.41) is 40.9. The molecule has 1 aromatic rings. The molecule has 2 rings (SSSR count). The minimum Gasteiger partial charge on any atom is -0.508 e. The largest absolute Gasteiger partial charge is 0.508 e. The Morgan fingerprint density at radius 3 is 2.56 bits per heavy atom. The molecule has 5 nitrogen and oxygen atoms in total. The van der Waals surface area contributed by atoms with Crippen molar-refractivity contribution in [1.82, 2.24) is 0 Å². The van der Waals surface area contributed by atoms with E-state index in [1.807, 2.05) is 40.7 Å². The van der Waals surface area contributed by atoms with Gasteiger partial charge in [0, 0.05) is 0 Å². The van der Waals surface area contributed by atoms with Gasteiger partial charge < -0.3 is 25.2 Å². The van der Waals surface area contributed by atoms with Crippen LogP contribution in [0.4, 0.5) is 0 Å². The molecule has 0 aromatic heterocycles. The van der Waals surface area contributed by atoms with E-state index in [0.29, 0.717) is 24.8 Å². The average Bonchev–Trinajstić information content (AvgIpc) is 2.67. The van der Waals surface area contributed by atoms with Crippen LogP contribution < -0.4 is 4.74 Å². The number of hydrogen-bond acceptors (Lipinski definition) is 5. The highest BCUT2D eigenvalue weighted by molar-refractivity contribution is 5.47. The van der Waals surface area contributed by atoms with Crippen LogP contribution in [0.5, 0.6) is 11.5 Å². The van der Waals surface area contributed by atoms with E-state index in [0.717, 1.165) is 48.1 Å². The summed E-state index contributed by atoms with van der Waals surface area (Å²) in [6, 6.07) is 3.53. The lowest BCUT2D eigenvalue weighted by molar-refractivity contribution is 0.0198. The molecule has 5 heteroatoms. The summed E-state index contributed by atoms with van der Waals surface area (Å²) >= 11 is 0. The molecule has 32 heavy (non-hydrogen) atoms. The van der Waals surface area contributed by atoms with Crippen molar-refractivity contribution >= 4 is 0 Å². The second-order valence-corrected chi connectivity index (χ2v) is 10.3. The Labute approximate surface area is 193 Å². The number of ether oxygens (including phenoxy) is 1. The van der Waals surface area contributed by atoms with E-state index in [9.17, 15) is 20.4 Å². The lowest BCUT2D eigenvalue weighted by Crippen LogP contribution is -2.37. The van der Waals surface area contributed by atoms with Crippen LogP contribution in [0.3, 0.4) is 0 Å². The molecule has 0 aliphatic carbocycles. The van der Waals surface area contributed by atoms with Crippen LogP contribution in [0, 0.1) is 6.92 Å². The molecular formula is C27H42O5. The zero-order valence-corrected chi connectivity index (χ0v) is 20.6. The van der Waals surface area contributed by atoms with E-state index in [1.165, 1.54) is 0 Å². The molecule has 4 atom stereocenters. The molecule has 0 bridgehead atoms. The quantitative estimate of drug-likeness (QED) is 0.375. The molecule has 0 saturated carbocycles. The smallest absolute Gasteiger partial charge is 0.126 e. The standard InChI is InChI=1S/C27H42O5/c1-18(2)15-23(29)24(30)19(3)9-7-11-26(5,31)12-8-13-27(6)14-10-21-17-22(28)16-20(4)25(21)32-27/h9,15-17,23-24,28-31H,7-8,10-14H2,1-6H3. The molecule has 180 valence electrons. The van der Waals surface area contributed by atoms with Gasteiger partial charge in [0.2, 0.25) is 0 Å². The monoisotopic (exact) mass is 446 g/mol. The number of aliphatic hydroxyl groups is 3. The number of benzene rings is 1. The number of allylic oxidation sites excluding steroid dienone is 2. The van der Waals surface area contributed by atoms with Crippen LogP contribution in [0.15, 0.2) is 35.4 Å². The van der Waals surface area contributed by atoms with Gasteiger partial charge in [0.1, 0.15) is 29.3 Å². The third kappa shape index (κ3) is 7.65. The first-order valence-corrected chi connectivity index (χ1v) is 11.7. The third-order valence-electron chi connectivity index (χ3n) is 6.47. The fourth-order valence-electron chi connectivity index (χ4n) is 4.43. The number of aryl methyl sites for hydroxylation is 2. The van der Waals surface area contributed by atoms with Crippen LogP contribution in [0.2, 0.25) is 0 Å². The maximum atomic E-state index is 10.8. The fourth-order valence-corrected chi connectivity index (χ4v) is 4.43. The number of rotatable bonds is 10. The molecule has 1 heterocycles. The number of aliphatic hydroxyl groups excluding tert-OH is 2. The minimum atomic E-state index is -0.925. The van der Waals surface area contributed by atoms with Crippen LogP contribution in [-0.2, 0) is 6.42 Å². The molecule has 0 fully saturated rings. The molecule has 1 aliphatic rings. The van der Waals surface area contributed by atoms with Crippen molar-refractivity contribution in [3.63, 3.8) is 0 Å². The highest BCUT2D eigenvalue weighted by Crippen LogP contribution is 2.40. The maximum Gasteiger partial charge on any atom is 0.126 e. The molecule has 0 spiro atoms. The van der Waals surface area contributed by atoms with E-state index in [-0.39, 0.29) is 11.4 Å². The van der Waals surface area contributed by atoms with E-state index in [4.69, 9.17) is 4.74 Å². The molecule has 1 aromatic carbocycles. The molecule has 4 unspecified atom stereocenters. The highest BCUT2D eigenvalue weighted by atomic mass is 16.5. The van der Waals surface area contributed by atoms with E-state index in [1.54, 1.807) is 18.2 Å². The Bertz CT molecular complexity index is 835. The Hall–Kier alpha value is -1.82. The zero-order chi connectivity index (χ0) is 24.1. The predicted molar refractivity (Wildman–Crippen MR) is 129 cm³/mol. The van der Waals surface area contributed by atoms with Gasteiger partial charge in [-0.05, 0) is 115 Å². The normalized spacial score (nSPS) is 22.3. The fraction of sp³-hybridized carbons (Fsp3) is 0.630. The zero-order valence-electron chi connectivity index (χ0n) is 20.6. The van der Waals surface area contributed by atoms with Gasteiger partial charge in [-0.1, -0.05) is 17.7 Å². The number of phenolic OH excluding ortho intramolecular Hbond substituents is 1. The van der Waals surface area contributed by atoms with Crippen molar-refractivity contribution in [3.8, 4) is 11.5 Å². The predicted octanol–water partition coefficient (Wildman–Crippen LogP) is 5.12. The summed E-state index contributed by atoms with van der Waals surface area (Å²) in [6.07, 6.45) is 7.08. The van der Waals surface area contributed by atoms with Gasteiger partial charge in [-0.2, -0.15) is 0 Å². The number of hydrogen-bond donors (Lipinski definition) is 4. The van der Waals surface area contributed by atoms with Crippen molar-refractivity contribution in [2.75, 3.05) is 0 Å². The van der Waals surface area contributed by atoms with Crippen LogP contribution >= 0.6 is 0 Å². The van der Waals surface area contributed by atoms with Crippen molar-refractivity contribution in [1.29, 1.82) is 0 Å². The molecular weight excluding hydrogens is 404 g/mol. The Kier molecular flexibility index (Phi) is 8.98. The molecule has 0 radical (unpaired) electrons. The summed E-state index contributed by atoms with van der Waals surface area (Å²) in [6.45, 7) is 11.5. The Balaban J connectivity index is 1.84. The summed E-state index contributed by atoms with van der Waals surface area (Å²) in [5.41, 5.74) is 2.62. The van der Waals surface area contributed by atoms with Gasteiger partial charge in [0.25, 0.3) is 0 Å². The van der Waals surface area contributed by atoms with Crippen molar-refractivity contribution in [2.24, 2.45) is 0 Å². The van der Waals surface area contributed by atoms with Crippen molar-refractivity contribution < 1.29 is 25.2 Å². The molecule has 0 saturated heterocycles. The Morgan fingerprint density at radius 2 is 1.91 bits per heavy atom.